The molecule has 148 valence electrons. The number of carbonyl (C=O) groups is 3. The first kappa shape index (κ1) is 20.9. The third kappa shape index (κ3) is 5.55. The van der Waals surface area contributed by atoms with Gasteiger partial charge in [0.2, 0.25) is 17.7 Å². The lowest BCUT2D eigenvalue weighted by molar-refractivity contribution is -0.144. The molecule has 1 fully saturated rings. The summed E-state index contributed by atoms with van der Waals surface area (Å²) in [7, 11) is 0. The van der Waals surface area contributed by atoms with Crippen molar-refractivity contribution in [2.45, 2.75) is 65.5 Å². The van der Waals surface area contributed by atoms with Gasteiger partial charge in [0, 0.05) is 24.6 Å². The fraction of sp³-hybridized carbons (Fsp3) is 0.571. The Morgan fingerprint density at radius 3 is 2.37 bits per heavy atom. The molecule has 0 spiro atoms. The van der Waals surface area contributed by atoms with Crippen LogP contribution in [-0.4, -0.2) is 35.2 Å². The van der Waals surface area contributed by atoms with Gasteiger partial charge in [0.25, 0.3) is 0 Å². The Kier molecular flexibility index (Phi) is 7.39. The summed E-state index contributed by atoms with van der Waals surface area (Å²) in [5.41, 5.74) is 1.69. The predicted molar refractivity (Wildman–Crippen MR) is 106 cm³/mol. The highest BCUT2D eigenvalue weighted by molar-refractivity contribution is 5.90. The average molecular weight is 373 g/mol. The van der Waals surface area contributed by atoms with Gasteiger partial charge in [0.05, 0.1) is 6.04 Å². The van der Waals surface area contributed by atoms with Crippen LogP contribution in [0.1, 0.15) is 65.0 Å². The lowest BCUT2D eigenvalue weighted by atomic mass is 9.98. The monoisotopic (exact) mass is 373 g/mol. The van der Waals surface area contributed by atoms with E-state index in [4.69, 9.17) is 0 Å². The summed E-state index contributed by atoms with van der Waals surface area (Å²) in [6.07, 6.45) is 3.04. The maximum absolute atomic E-state index is 12.8. The second-order valence-electron chi connectivity index (χ2n) is 7.45. The van der Waals surface area contributed by atoms with Crippen molar-refractivity contribution in [1.82, 2.24) is 10.2 Å². The van der Waals surface area contributed by atoms with Gasteiger partial charge in [-0.2, -0.15) is 0 Å². The number of nitrogens with zero attached hydrogens (tertiary/aromatic N) is 1. The third-order valence-electron chi connectivity index (χ3n) is 4.96. The molecule has 1 heterocycles. The number of hydrogen-bond donors (Lipinski definition) is 2. The molecule has 0 unspecified atom stereocenters. The molecule has 0 aliphatic carbocycles. The molecule has 2 rings (SSSR count). The molecular formula is C21H31N3O3. The van der Waals surface area contributed by atoms with Crippen LogP contribution < -0.4 is 10.6 Å². The van der Waals surface area contributed by atoms with Gasteiger partial charge >= 0.3 is 0 Å². The molecule has 27 heavy (non-hydrogen) atoms. The fourth-order valence-corrected chi connectivity index (χ4v) is 3.30. The highest BCUT2D eigenvalue weighted by Gasteiger charge is 2.33. The topological polar surface area (TPSA) is 78.5 Å². The molecule has 3 amide bonds. The fourth-order valence-electron chi connectivity index (χ4n) is 3.30. The Balaban J connectivity index is 2.01. The van der Waals surface area contributed by atoms with E-state index in [2.05, 4.69) is 10.6 Å². The lowest BCUT2D eigenvalue weighted by Crippen LogP contribution is -2.53. The standard InChI is InChI=1S/C21H31N3O3/c1-5-19(25)23-17-11-9-16(10-12-17)15(4)22-20(26)18-8-6-7-13-24(18)21(27)14(2)3/h9-12,14-15,18H,5-8,13H2,1-4H3,(H,22,26)(H,23,25)/t15-,18+/m1/s1. The highest BCUT2D eigenvalue weighted by atomic mass is 16.2. The van der Waals surface area contributed by atoms with E-state index in [0.717, 1.165) is 24.1 Å². The Morgan fingerprint density at radius 2 is 1.78 bits per heavy atom. The van der Waals surface area contributed by atoms with Crippen LogP contribution in [0.15, 0.2) is 24.3 Å². The normalized spacial score (nSPS) is 18.1. The minimum absolute atomic E-state index is 0.0312. The van der Waals surface area contributed by atoms with Crippen molar-refractivity contribution in [1.29, 1.82) is 0 Å². The molecule has 1 aliphatic heterocycles. The number of hydrogen-bond acceptors (Lipinski definition) is 3. The number of nitrogens with one attached hydrogen (secondary N) is 2. The SMILES string of the molecule is CCC(=O)Nc1ccc([C@@H](C)NC(=O)[C@@H]2CCCCN2C(=O)C(C)C)cc1. The Hall–Kier alpha value is -2.37. The molecule has 1 aromatic carbocycles. The quantitative estimate of drug-likeness (QED) is 0.803. The van der Waals surface area contributed by atoms with E-state index in [1.165, 1.54) is 0 Å². The summed E-state index contributed by atoms with van der Waals surface area (Å²) >= 11 is 0. The van der Waals surface area contributed by atoms with Gasteiger partial charge in [0.15, 0.2) is 0 Å². The minimum atomic E-state index is -0.390. The van der Waals surface area contributed by atoms with Gasteiger partial charge < -0.3 is 15.5 Å². The minimum Gasteiger partial charge on any atom is -0.348 e. The molecule has 2 N–H and O–H groups in total. The van der Waals surface area contributed by atoms with Crippen molar-refractivity contribution in [3.8, 4) is 0 Å². The van der Waals surface area contributed by atoms with Crippen LogP contribution in [0.3, 0.4) is 0 Å². The molecule has 1 aromatic rings. The maximum Gasteiger partial charge on any atom is 0.243 e. The molecule has 1 saturated heterocycles. The summed E-state index contributed by atoms with van der Waals surface area (Å²) in [4.78, 5) is 38.4. The predicted octanol–water partition coefficient (Wildman–Crippen LogP) is 3.25. The molecule has 6 heteroatoms. The number of likely N-dealkylation sites (tertiary alicyclic amines) is 1. The number of amides is 3. The van der Waals surface area contributed by atoms with Crippen LogP contribution in [-0.2, 0) is 14.4 Å². The van der Waals surface area contributed by atoms with Gasteiger partial charge in [-0.3, -0.25) is 14.4 Å². The highest BCUT2D eigenvalue weighted by Crippen LogP contribution is 2.22. The van der Waals surface area contributed by atoms with Crippen LogP contribution in [0.2, 0.25) is 0 Å². The number of benzene rings is 1. The molecule has 6 nitrogen and oxygen atoms in total. The van der Waals surface area contributed by atoms with Crippen molar-refractivity contribution in [3.05, 3.63) is 29.8 Å². The van der Waals surface area contributed by atoms with Crippen LogP contribution in [0.5, 0.6) is 0 Å². The van der Waals surface area contributed by atoms with E-state index >= 15 is 0 Å². The number of rotatable bonds is 6. The van der Waals surface area contributed by atoms with E-state index in [9.17, 15) is 14.4 Å². The van der Waals surface area contributed by atoms with Crippen LogP contribution in [0.4, 0.5) is 5.69 Å². The summed E-state index contributed by atoms with van der Waals surface area (Å²) in [5, 5.41) is 5.85. The van der Waals surface area contributed by atoms with E-state index in [-0.39, 0.29) is 35.7 Å². The molecule has 0 bridgehead atoms. The zero-order valence-electron chi connectivity index (χ0n) is 16.7. The zero-order chi connectivity index (χ0) is 20.0. The molecule has 2 atom stereocenters. The van der Waals surface area contributed by atoms with Gasteiger partial charge in [0.1, 0.15) is 6.04 Å². The molecular weight excluding hydrogens is 342 g/mol. The largest absolute Gasteiger partial charge is 0.348 e. The second kappa shape index (κ2) is 9.53. The van der Waals surface area contributed by atoms with Gasteiger partial charge in [-0.05, 0) is 43.9 Å². The summed E-state index contributed by atoms with van der Waals surface area (Å²) < 4.78 is 0. The maximum atomic E-state index is 12.8. The van der Waals surface area contributed by atoms with Gasteiger partial charge in [-0.1, -0.05) is 32.9 Å². The first-order valence-corrected chi connectivity index (χ1v) is 9.84. The van der Waals surface area contributed by atoms with Crippen LogP contribution in [0, 0.1) is 5.92 Å². The first-order chi connectivity index (χ1) is 12.8. The summed E-state index contributed by atoms with van der Waals surface area (Å²) in [6, 6.07) is 6.90. The van der Waals surface area contributed by atoms with Crippen molar-refractivity contribution >= 4 is 23.4 Å². The first-order valence-electron chi connectivity index (χ1n) is 9.84. The van der Waals surface area contributed by atoms with E-state index in [1.54, 1.807) is 11.8 Å². The van der Waals surface area contributed by atoms with Crippen molar-refractivity contribution in [2.24, 2.45) is 5.92 Å². The molecule has 0 radical (unpaired) electrons. The number of carbonyl (C=O) groups excluding carboxylic acids is 3. The molecule has 0 aromatic heterocycles. The van der Waals surface area contributed by atoms with Crippen molar-refractivity contribution in [3.63, 3.8) is 0 Å². The smallest absolute Gasteiger partial charge is 0.243 e. The second-order valence-corrected chi connectivity index (χ2v) is 7.45. The Bertz CT molecular complexity index is 670. The summed E-state index contributed by atoms with van der Waals surface area (Å²) in [6.45, 7) is 8.12. The van der Waals surface area contributed by atoms with Crippen molar-refractivity contribution in [2.75, 3.05) is 11.9 Å². The zero-order valence-corrected chi connectivity index (χ0v) is 16.7. The molecule has 0 saturated carbocycles. The van der Waals surface area contributed by atoms with Gasteiger partial charge in [-0.25, -0.2) is 0 Å². The summed E-state index contributed by atoms with van der Waals surface area (Å²) in [5.74, 6) is -0.198. The Morgan fingerprint density at radius 1 is 1.11 bits per heavy atom. The third-order valence-corrected chi connectivity index (χ3v) is 4.96. The number of piperidine rings is 1. The van der Waals surface area contributed by atoms with Crippen LogP contribution >= 0.6 is 0 Å². The van der Waals surface area contributed by atoms with E-state index in [0.29, 0.717) is 19.4 Å². The Labute approximate surface area is 161 Å². The molecule has 1 aliphatic rings. The van der Waals surface area contributed by atoms with Crippen molar-refractivity contribution < 1.29 is 14.4 Å². The average Bonchev–Trinajstić information content (AvgIpc) is 2.67. The van der Waals surface area contributed by atoms with Gasteiger partial charge in [-0.15, -0.1) is 0 Å². The van der Waals surface area contributed by atoms with E-state index in [1.807, 2.05) is 45.0 Å². The lowest BCUT2D eigenvalue weighted by Gasteiger charge is -2.36. The van der Waals surface area contributed by atoms with E-state index < -0.39 is 0 Å². The number of anilines is 1. The van der Waals surface area contributed by atoms with Crippen LogP contribution in [0.25, 0.3) is 0 Å².